The molecule has 5 nitrogen and oxygen atoms in total. The first-order valence-corrected chi connectivity index (χ1v) is 5.97. The van der Waals surface area contributed by atoms with Crippen LogP contribution in [0.3, 0.4) is 0 Å². The van der Waals surface area contributed by atoms with Crippen LogP contribution in [-0.2, 0) is 11.3 Å². The first-order chi connectivity index (χ1) is 8.09. The van der Waals surface area contributed by atoms with Crippen LogP contribution in [0.1, 0.15) is 29.9 Å². The number of aryl methyl sites for hydroxylation is 2. The van der Waals surface area contributed by atoms with Crippen LogP contribution in [0.4, 0.5) is 0 Å². The maximum atomic E-state index is 11.7. The zero-order valence-corrected chi connectivity index (χ0v) is 10.6. The number of nitrogens with one attached hydrogen (secondary N) is 1. The standard InChI is InChI=1S/C12H19N3O2/c1-8-11(9(2)17-14-8)6-13-7-12(16)15(3)10-4-5-10/h10,13H,4-7H2,1-3H3. The lowest BCUT2D eigenvalue weighted by atomic mass is 10.2. The molecule has 94 valence electrons. The number of likely N-dealkylation sites (N-methyl/N-ethyl adjacent to an activating group) is 1. The highest BCUT2D eigenvalue weighted by atomic mass is 16.5. The molecule has 17 heavy (non-hydrogen) atoms. The van der Waals surface area contributed by atoms with E-state index in [9.17, 15) is 4.79 Å². The third-order valence-corrected chi connectivity index (χ3v) is 3.25. The molecule has 1 fully saturated rings. The summed E-state index contributed by atoms with van der Waals surface area (Å²) in [5, 5.41) is 7.02. The van der Waals surface area contributed by atoms with Crippen molar-refractivity contribution in [2.45, 2.75) is 39.3 Å². The van der Waals surface area contributed by atoms with Crippen molar-refractivity contribution in [1.82, 2.24) is 15.4 Å². The van der Waals surface area contributed by atoms with Crippen LogP contribution in [-0.4, -0.2) is 35.6 Å². The normalized spacial score (nSPS) is 15.0. The van der Waals surface area contributed by atoms with Gasteiger partial charge in [0.15, 0.2) is 0 Å². The second-order valence-corrected chi connectivity index (χ2v) is 4.64. The summed E-state index contributed by atoms with van der Waals surface area (Å²) in [5.41, 5.74) is 1.94. The SMILES string of the molecule is Cc1noc(C)c1CNCC(=O)N(C)C1CC1. The minimum atomic E-state index is 0.152. The Morgan fingerprint density at radius 2 is 2.24 bits per heavy atom. The molecule has 0 aliphatic heterocycles. The number of nitrogens with zero attached hydrogens (tertiary/aromatic N) is 2. The topological polar surface area (TPSA) is 58.4 Å². The van der Waals surface area contributed by atoms with E-state index in [2.05, 4.69) is 10.5 Å². The van der Waals surface area contributed by atoms with Gasteiger partial charge in [0.1, 0.15) is 5.76 Å². The maximum Gasteiger partial charge on any atom is 0.236 e. The highest BCUT2D eigenvalue weighted by Gasteiger charge is 2.29. The van der Waals surface area contributed by atoms with E-state index in [1.54, 1.807) is 0 Å². The van der Waals surface area contributed by atoms with Crippen LogP contribution in [0.5, 0.6) is 0 Å². The fourth-order valence-electron chi connectivity index (χ4n) is 1.84. The average Bonchev–Trinajstić information content (AvgIpc) is 3.09. The van der Waals surface area contributed by atoms with Crippen molar-refractivity contribution in [2.24, 2.45) is 0 Å². The van der Waals surface area contributed by atoms with E-state index < -0.39 is 0 Å². The van der Waals surface area contributed by atoms with Crippen LogP contribution in [0.2, 0.25) is 0 Å². The first-order valence-electron chi connectivity index (χ1n) is 5.97. The van der Waals surface area contributed by atoms with Crippen molar-refractivity contribution in [2.75, 3.05) is 13.6 Å². The number of carbonyl (C=O) groups excluding carboxylic acids is 1. The van der Waals surface area contributed by atoms with Crippen molar-refractivity contribution in [3.8, 4) is 0 Å². The summed E-state index contributed by atoms with van der Waals surface area (Å²) in [4.78, 5) is 13.6. The Bertz CT molecular complexity index is 390. The second kappa shape index (κ2) is 4.87. The summed E-state index contributed by atoms with van der Waals surface area (Å²) in [6.45, 7) is 4.79. The molecule has 1 aliphatic rings. The smallest absolute Gasteiger partial charge is 0.236 e. The van der Waals surface area contributed by atoms with Crippen molar-refractivity contribution in [3.63, 3.8) is 0 Å². The quantitative estimate of drug-likeness (QED) is 0.830. The molecular formula is C12H19N3O2. The van der Waals surface area contributed by atoms with Gasteiger partial charge in [0.25, 0.3) is 0 Å². The summed E-state index contributed by atoms with van der Waals surface area (Å²) >= 11 is 0. The number of rotatable bonds is 5. The van der Waals surface area contributed by atoms with Gasteiger partial charge < -0.3 is 14.7 Å². The summed E-state index contributed by atoms with van der Waals surface area (Å²) in [7, 11) is 1.87. The lowest BCUT2D eigenvalue weighted by Gasteiger charge is -2.16. The number of hydrogen-bond acceptors (Lipinski definition) is 4. The molecule has 0 aromatic carbocycles. The van der Waals surface area contributed by atoms with Gasteiger partial charge >= 0.3 is 0 Å². The molecule has 0 unspecified atom stereocenters. The number of aromatic nitrogens is 1. The first kappa shape index (κ1) is 12.1. The number of carbonyl (C=O) groups is 1. The summed E-state index contributed by atoms with van der Waals surface area (Å²) < 4.78 is 5.06. The largest absolute Gasteiger partial charge is 0.361 e. The third kappa shape index (κ3) is 2.85. The van der Waals surface area contributed by atoms with Crippen LogP contribution in [0.15, 0.2) is 4.52 Å². The molecule has 1 amide bonds. The molecule has 0 spiro atoms. The third-order valence-electron chi connectivity index (χ3n) is 3.25. The fraction of sp³-hybridized carbons (Fsp3) is 0.667. The van der Waals surface area contributed by atoms with E-state index in [-0.39, 0.29) is 5.91 Å². The highest BCUT2D eigenvalue weighted by molar-refractivity contribution is 5.78. The molecule has 0 bridgehead atoms. The predicted octanol–water partition coefficient (Wildman–Crippen LogP) is 1.00. The Hall–Kier alpha value is -1.36. The van der Waals surface area contributed by atoms with Gasteiger partial charge in [-0.3, -0.25) is 4.79 Å². The van der Waals surface area contributed by atoms with E-state index in [4.69, 9.17) is 4.52 Å². The molecule has 1 aromatic heterocycles. The fourth-order valence-corrected chi connectivity index (χ4v) is 1.84. The monoisotopic (exact) mass is 237 g/mol. The van der Waals surface area contributed by atoms with Gasteiger partial charge in [-0.25, -0.2) is 0 Å². The van der Waals surface area contributed by atoms with Gasteiger partial charge in [-0.1, -0.05) is 5.16 Å². The van der Waals surface area contributed by atoms with Crippen molar-refractivity contribution < 1.29 is 9.32 Å². The molecule has 2 rings (SSSR count). The van der Waals surface area contributed by atoms with E-state index >= 15 is 0 Å². The minimum absolute atomic E-state index is 0.152. The van der Waals surface area contributed by atoms with Crippen LogP contribution >= 0.6 is 0 Å². The molecule has 1 N–H and O–H groups in total. The van der Waals surface area contributed by atoms with Crippen molar-refractivity contribution in [1.29, 1.82) is 0 Å². The molecule has 1 saturated carbocycles. The zero-order valence-electron chi connectivity index (χ0n) is 10.6. The van der Waals surface area contributed by atoms with Gasteiger partial charge in [-0.2, -0.15) is 0 Å². The van der Waals surface area contributed by atoms with Crippen molar-refractivity contribution >= 4 is 5.91 Å². The van der Waals surface area contributed by atoms with Crippen molar-refractivity contribution in [3.05, 3.63) is 17.0 Å². The Morgan fingerprint density at radius 3 is 2.76 bits per heavy atom. The number of amides is 1. The average molecular weight is 237 g/mol. The highest BCUT2D eigenvalue weighted by Crippen LogP contribution is 2.25. The Balaban J connectivity index is 1.77. The maximum absolute atomic E-state index is 11.7. The summed E-state index contributed by atoms with van der Waals surface area (Å²) in [5.74, 6) is 0.970. The lowest BCUT2D eigenvalue weighted by molar-refractivity contribution is -0.129. The van der Waals surface area contributed by atoms with E-state index in [0.29, 0.717) is 19.1 Å². The molecule has 0 atom stereocenters. The van der Waals surface area contributed by atoms with Gasteiger partial charge in [0, 0.05) is 25.2 Å². The Morgan fingerprint density at radius 1 is 1.53 bits per heavy atom. The molecule has 0 saturated heterocycles. The van der Waals surface area contributed by atoms with Gasteiger partial charge in [-0.15, -0.1) is 0 Å². The van der Waals surface area contributed by atoms with Crippen LogP contribution < -0.4 is 5.32 Å². The predicted molar refractivity (Wildman–Crippen MR) is 63.5 cm³/mol. The summed E-state index contributed by atoms with van der Waals surface area (Å²) in [6, 6.07) is 0.475. The second-order valence-electron chi connectivity index (χ2n) is 4.64. The molecule has 5 heteroatoms. The minimum Gasteiger partial charge on any atom is -0.361 e. The van der Waals surface area contributed by atoms with Gasteiger partial charge in [0.05, 0.1) is 12.2 Å². The molecular weight excluding hydrogens is 218 g/mol. The van der Waals surface area contributed by atoms with E-state index in [1.807, 2.05) is 25.8 Å². The Labute approximate surface area is 101 Å². The van der Waals surface area contributed by atoms with Crippen LogP contribution in [0, 0.1) is 13.8 Å². The summed E-state index contributed by atoms with van der Waals surface area (Å²) in [6.07, 6.45) is 2.29. The van der Waals surface area contributed by atoms with Gasteiger partial charge in [-0.05, 0) is 26.7 Å². The molecule has 0 radical (unpaired) electrons. The van der Waals surface area contributed by atoms with Gasteiger partial charge in [0.2, 0.25) is 5.91 Å². The molecule has 1 aliphatic carbocycles. The van der Waals surface area contributed by atoms with E-state index in [0.717, 1.165) is 29.9 Å². The molecule has 1 aromatic rings. The molecule has 1 heterocycles. The zero-order chi connectivity index (χ0) is 12.4. The lowest BCUT2D eigenvalue weighted by Crippen LogP contribution is -2.36. The Kier molecular flexibility index (Phi) is 3.47. The van der Waals surface area contributed by atoms with E-state index in [1.165, 1.54) is 0 Å². The van der Waals surface area contributed by atoms with Crippen LogP contribution in [0.25, 0.3) is 0 Å². The number of hydrogen-bond donors (Lipinski definition) is 1.